The molecule has 2 N–H and O–H groups in total. The first-order chi connectivity index (χ1) is 7.45. The van der Waals surface area contributed by atoms with E-state index in [1.165, 1.54) is 0 Å². The Morgan fingerprint density at radius 2 is 1.69 bits per heavy atom. The maximum atomic E-state index is 10.6. The molecule has 0 aromatic carbocycles. The van der Waals surface area contributed by atoms with Gasteiger partial charge in [-0.3, -0.25) is 14.5 Å². The average molecular weight is 231 g/mol. The fraction of sp³-hybridized carbons (Fsp3) is 0.444. The molecule has 0 saturated carbocycles. The molecule has 7 nitrogen and oxygen atoms in total. The van der Waals surface area contributed by atoms with E-state index >= 15 is 0 Å². The van der Waals surface area contributed by atoms with Crippen LogP contribution in [0.5, 0.6) is 0 Å². The van der Waals surface area contributed by atoms with E-state index in [-0.39, 0.29) is 13.2 Å². The monoisotopic (exact) mass is 231 g/mol. The van der Waals surface area contributed by atoms with Gasteiger partial charge in [-0.15, -0.1) is 0 Å². The number of aliphatic carboxylic acids is 2. The van der Waals surface area contributed by atoms with Crippen molar-refractivity contribution >= 4 is 17.9 Å². The van der Waals surface area contributed by atoms with Crippen LogP contribution in [0.4, 0.5) is 0 Å². The van der Waals surface area contributed by atoms with E-state index in [1.54, 1.807) is 0 Å². The summed E-state index contributed by atoms with van der Waals surface area (Å²) in [6.07, 6.45) is 0.971. The Kier molecular flexibility index (Phi) is 6.53. The van der Waals surface area contributed by atoms with Crippen LogP contribution in [0.3, 0.4) is 0 Å². The zero-order chi connectivity index (χ0) is 12.6. The van der Waals surface area contributed by atoms with Gasteiger partial charge in [0, 0.05) is 12.6 Å². The molecule has 0 unspecified atom stereocenters. The van der Waals surface area contributed by atoms with Gasteiger partial charge in [0.15, 0.2) is 0 Å². The molecule has 0 aliphatic rings. The van der Waals surface area contributed by atoms with Crippen molar-refractivity contribution in [2.24, 2.45) is 0 Å². The van der Waals surface area contributed by atoms with E-state index in [0.717, 1.165) is 11.0 Å². The largest absolute Gasteiger partial charge is 0.480 e. The number of carbonyl (C=O) groups excluding carboxylic acids is 1. The van der Waals surface area contributed by atoms with Crippen LogP contribution in [-0.4, -0.2) is 59.3 Å². The van der Waals surface area contributed by atoms with Gasteiger partial charge in [-0.2, -0.15) is 0 Å². The molecule has 0 spiro atoms. The number of rotatable bonds is 8. The maximum absolute atomic E-state index is 10.6. The van der Waals surface area contributed by atoms with Crippen molar-refractivity contribution in [1.82, 2.24) is 4.90 Å². The molecule has 0 heterocycles. The molecular formula is C9H13NO6. The normalized spacial score (nSPS) is 9.81. The third-order valence-electron chi connectivity index (χ3n) is 1.54. The molecule has 0 radical (unpaired) electrons. The lowest BCUT2D eigenvalue weighted by Gasteiger charge is -2.17. The van der Waals surface area contributed by atoms with Crippen LogP contribution in [0, 0.1) is 0 Å². The molecule has 0 amide bonds. The fourth-order valence-electron chi connectivity index (χ4n) is 0.931. The van der Waals surface area contributed by atoms with Gasteiger partial charge in [-0.25, -0.2) is 4.79 Å². The Morgan fingerprint density at radius 3 is 2.06 bits per heavy atom. The van der Waals surface area contributed by atoms with Crippen molar-refractivity contribution in [3.63, 3.8) is 0 Å². The van der Waals surface area contributed by atoms with Crippen LogP contribution < -0.4 is 0 Å². The number of esters is 1. The van der Waals surface area contributed by atoms with E-state index in [4.69, 9.17) is 10.2 Å². The van der Waals surface area contributed by atoms with Crippen molar-refractivity contribution in [2.45, 2.75) is 0 Å². The van der Waals surface area contributed by atoms with Gasteiger partial charge in [0.2, 0.25) is 0 Å². The molecule has 16 heavy (non-hydrogen) atoms. The number of nitrogens with zero attached hydrogens (tertiary/aromatic N) is 1. The minimum Gasteiger partial charge on any atom is -0.480 e. The second-order valence-electron chi connectivity index (χ2n) is 2.87. The summed E-state index contributed by atoms with van der Waals surface area (Å²) >= 11 is 0. The SMILES string of the molecule is C=CC(=O)OCCN(CC(=O)O)CC(=O)O. The topological polar surface area (TPSA) is 104 Å². The smallest absolute Gasteiger partial charge is 0.330 e. The molecule has 0 fully saturated rings. The molecule has 0 saturated heterocycles. The zero-order valence-corrected chi connectivity index (χ0v) is 8.59. The summed E-state index contributed by atoms with van der Waals surface area (Å²) in [5, 5.41) is 17.0. The van der Waals surface area contributed by atoms with Crippen LogP contribution >= 0.6 is 0 Å². The lowest BCUT2D eigenvalue weighted by Crippen LogP contribution is -2.37. The van der Waals surface area contributed by atoms with E-state index in [9.17, 15) is 14.4 Å². The van der Waals surface area contributed by atoms with Crippen molar-refractivity contribution in [1.29, 1.82) is 0 Å². The standard InChI is InChI=1S/C9H13NO6/c1-2-9(15)16-4-3-10(5-7(11)12)6-8(13)14/h2H,1,3-6H2,(H,11,12)(H,13,14). The lowest BCUT2D eigenvalue weighted by atomic mass is 10.4. The van der Waals surface area contributed by atoms with Crippen LogP contribution in [0.15, 0.2) is 12.7 Å². The van der Waals surface area contributed by atoms with Crippen molar-refractivity contribution < 1.29 is 29.3 Å². The number of carbonyl (C=O) groups is 3. The molecule has 0 aromatic heterocycles. The number of hydrogen-bond acceptors (Lipinski definition) is 5. The van der Waals surface area contributed by atoms with Gasteiger partial charge in [-0.1, -0.05) is 6.58 Å². The van der Waals surface area contributed by atoms with Crippen LogP contribution in [-0.2, 0) is 19.1 Å². The third kappa shape index (κ3) is 7.51. The van der Waals surface area contributed by atoms with Crippen molar-refractivity contribution in [2.75, 3.05) is 26.2 Å². The molecule has 0 aliphatic carbocycles. The first kappa shape index (κ1) is 14.1. The Hall–Kier alpha value is -1.89. The number of carboxylic acids is 2. The first-order valence-electron chi connectivity index (χ1n) is 4.41. The Bertz CT molecular complexity index is 272. The average Bonchev–Trinajstić information content (AvgIpc) is 2.15. The lowest BCUT2D eigenvalue weighted by molar-refractivity contribution is -0.142. The highest BCUT2D eigenvalue weighted by Gasteiger charge is 2.13. The van der Waals surface area contributed by atoms with Gasteiger partial charge in [-0.05, 0) is 0 Å². The molecule has 0 bridgehead atoms. The summed E-state index contributed by atoms with van der Waals surface area (Å²) in [7, 11) is 0. The molecule has 7 heteroatoms. The highest BCUT2D eigenvalue weighted by molar-refractivity contribution is 5.81. The van der Waals surface area contributed by atoms with Crippen molar-refractivity contribution in [3.8, 4) is 0 Å². The van der Waals surface area contributed by atoms with Crippen LogP contribution in [0.1, 0.15) is 0 Å². The summed E-state index contributed by atoms with van der Waals surface area (Å²) < 4.78 is 4.60. The Labute approximate surface area is 91.9 Å². The highest BCUT2D eigenvalue weighted by Crippen LogP contribution is 1.90. The summed E-state index contributed by atoms with van der Waals surface area (Å²) in [6, 6.07) is 0. The van der Waals surface area contributed by atoms with E-state index < -0.39 is 31.0 Å². The van der Waals surface area contributed by atoms with Gasteiger partial charge >= 0.3 is 17.9 Å². The summed E-state index contributed by atoms with van der Waals surface area (Å²) in [6.45, 7) is 2.30. The maximum Gasteiger partial charge on any atom is 0.330 e. The second kappa shape index (κ2) is 7.41. The van der Waals surface area contributed by atoms with E-state index in [2.05, 4.69) is 11.3 Å². The predicted octanol–water partition coefficient (Wildman–Crippen LogP) is -0.813. The fourth-order valence-corrected chi connectivity index (χ4v) is 0.931. The van der Waals surface area contributed by atoms with Crippen molar-refractivity contribution in [3.05, 3.63) is 12.7 Å². The predicted molar refractivity (Wildman–Crippen MR) is 52.9 cm³/mol. The molecule has 0 atom stereocenters. The number of carboxylic acid groups (broad SMARTS) is 2. The minimum absolute atomic E-state index is 0.0399. The highest BCUT2D eigenvalue weighted by atomic mass is 16.5. The Balaban J connectivity index is 4.00. The minimum atomic E-state index is -1.14. The number of hydrogen-bond donors (Lipinski definition) is 2. The molecule has 0 rings (SSSR count). The zero-order valence-electron chi connectivity index (χ0n) is 8.59. The van der Waals surface area contributed by atoms with Gasteiger partial charge in [0.25, 0.3) is 0 Å². The third-order valence-corrected chi connectivity index (χ3v) is 1.54. The molecule has 90 valence electrons. The molecular weight excluding hydrogens is 218 g/mol. The second-order valence-corrected chi connectivity index (χ2v) is 2.87. The van der Waals surface area contributed by atoms with Gasteiger partial charge in [0.05, 0.1) is 13.1 Å². The van der Waals surface area contributed by atoms with Gasteiger partial charge in [0.1, 0.15) is 6.61 Å². The molecule has 0 aromatic rings. The first-order valence-corrected chi connectivity index (χ1v) is 4.41. The van der Waals surface area contributed by atoms with Gasteiger partial charge < -0.3 is 14.9 Å². The van der Waals surface area contributed by atoms with Crippen LogP contribution in [0.2, 0.25) is 0 Å². The summed E-state index contributed by atoms with van der Waals surface area (Å²) in [5.74, 6) is -2.92. The summed E-state index contributed by atoms with van der Waals surface area (Å²) in [4.78, 5) is 32.6. The summed E-state index contributed by atoms with van der Waals surface area (Å²) in [5.41, 5.74) is 0. The van der Waals surface area contributed by atoms with Crippen LogP contribution in [0.25, 0.3) is 0 Å². The number of ether oxygens (including phenoxy) is 1. The van der Waals surface area contributed by atoms with E-state index in [1.807, 2.05) is 0 Å². The van der Waals surface area contributed by atoms with E-state index in [0.29, 0.717) is 0 Å². The quantitative estimate of drug-likeness (QED) is 0.415. The Morgan fingerprint density at radius 1 is 1.19 bits per heavy atom. The molecule has 0 aliphatic heterocycles.